The Kier molecular flexibility index (Phi) is 4.55. The maximum atomic E-state index is 10.7. The molecule has 5 nitrogen and oxygen atoms in total. The average Bonchev–Trinajstić information content (AvgIpc) is 2.92. The summed E-state index contributed by atoms with van der Waals surface area (Å²) >= 11 is 0. The molecule has 0 spiro atoms. The highest BCUT2D eigenvalue weighted by Gasteiger charge is 2.00. The van der Waals surface area contributed by atoms with Crippen molar-refractivity contribution in [3.63, 3.8) is 0 Å². The molecule has 0 aliphatic heterocycles. The number of carboxylic acids is 1. The Morgan fingerprint density at radius 3 is 2.68 bits per heavy atom. The van der Waals surface area contributed by atoms with E-state index in [1.54, 1.807) is 30.5 Å². The lowest BCUT2D eigenvalue weighted by molar-refractivity contribution is 0.0697. The first kappa shape index (κ1) is 13.1. The Hall–Kier alpha value is -2.30. The molecule has 2 aromatic rings. The van der Waals surface area contributed by atoms with Crippen LogP contribution in [0.3, 0.4) is 0 Å². The summed E-state index contributed by atoms with van der Waals surface area (Å²) in [5, 5.41) is 12.1. The zero-order chi connectivity index (χ0) is 13.5. The maximum absolute atomic E-state index is 10.7. The SMILES string of the molecule is O=C(O)c1ccc(NCCCCn2ccnc2)cc1. The molecule has 1 aromatic carbocycles. The fraction of sp³-hybridized carbons (Fsp3) is 0.286. The van der Waals surface area contributed by atoms with Crippen LogP contribution in [0.1, 0.15) is 23.2 Å². The molecule has 0 radical (unpaired) electrons. The largest absolute Gasteiger partial charge is 0.478 e. The van der Waals surface area contributed by atoms with Crippen LogP contribution >= 0.6 is 0 Å². The highest BCUT2D eigenvalue weighted by molar-refractivity contribution is 5.87. The summed E-state index contributed by atoms with van der Waals surface area (Å²) in [4.78, 5) is 14.7. The fourth-order valence-electron chi connectivity index (χ4n) is 1.80. The van der Waals surface area contributed by atoms with E-state index < -0.39 is 5.97 Å². The predicted molar refractivity (Wildman–Crippen MR) is 73.4 cm³/mol. The van der Waals surface area contributed by atoms with E-state index in [4.69, 9.17) is 5.11 Å². The van der Waals surface area contributed by atoms with Gasteiger partial charge in [-0.3, -0.25) is 0 Å². The molecular formula is C14H17N3O2. The number of aryl methyl sites for hydroxylation is 1. The Morgan fingerprint density at radius 2 is 2.05 bits per heavy atom. The molecule has 5 heteroatoms. The fourth-order valence-corrected chi connectivity index (χ4v) is 1.80. The minimum Gasteiger partial charge on any atom is -0.478 e. The van der Waals surface area contributed by atoms with E-state index in [-0.39, 0.29) is 0 Å². The number of unbranched alkanes of at least 4 members (excludes halogenated alkanes) is 1. The van der Waals surface area contributed by atoms with Crippen LogP contribution in [-0.4, -0.2) is 27.2 Å². The van der Waals surface area contributed by atoms with Crippen molar-refractivity contribution in [3.05, 3.63) is 48.5 Å². The lowest BCUT2D eigenvalue weighted by Crippen LogP contribution is -2.04. The Labute approximate surface area is 111 Å². The summed E-state index contributed by atoms with van der Waals surface area (Å²) in [5.41, 5.74) is 1.26. The van der Waals surface area contributed by atoms with Crippen LogP contribution in [-0.2, 0) is 6.54 Å². The number of hydrogen-bond donors (Lipinski definition) is 2. The lowest BCUT2D eigenvalue weighted by atomic mass is 10.2. The predicted octanol–water partition coefficient (Wildman–Crippen LogP) is 2.47. The number of nitrogens with zero attached hydrogens (tertiary/aromatic N) is 2. The molecular weight excluding hydrogens is 242 g/mol. The van der Waals surface area contributed by atoms with Crippen molar-refractivity contribution in [1.82, 2.24) is 9.55 Å². The van der Waals surface area contributed by atoms with Crippen molar-refractivity contribution in [1.29, 1.82) is 0 Å². The van der Waals surface area contributed by atoms with Gasteiger partial charge in [-0.25, -0.2) is 9.78 Å². The smallest absolute Gasteiger partial charge is 0.335 e. The Balaban J connectivity index is 1.66. The van der Waals surface area contributed by atoms with Crippen LogP contribution in [0.2, 0.25) is 0 Å². The van der Waals surface area contributed by atoms with E-state index in [2.05, 4.69) is 14.9 Å². The van der Waals surface area contributed by atoms with Crippen LogP contribution < -0.4 is 5.32 Å². The van der Waals surface area contributed by atoms with Crippen molar-refractivity contribution >= 4 is 11.7 Å². The summed E-state index contributed by atoms with van der Waals surface area (Å²) in [6.45, 7) is 1.85. The van der Waals surface area contributed by atoms with Gasteiger partial charge in [-0.2, -0.15) is 0 Å². The molecule has 2 rings (SSSR count). The summed E-state index contributed by atoms with van der Waals surface area (Å²) in [5.74, 6) is -0.896. The van der Waals surface area contributed by atoms with Gasteiger partial charge in [0, 0.05) is 31.2 Å². The molecule has 1 heterocycles. The van der Waals surface area contributed by atoms with E-state index in [9.17, 15) is 4.79 Å². The third kappa shape index (κ3) is 4.13. The number of nitrogens with one attached hydrogen (secondary N) is 1. The number of aromatic nitrogens is 2. The Bertz CT molecular complexity index is 506. The van der Waals surface area contributed by atoms with Gasteiger partial charge in [-0.15, -0.1) is 0 Å². The third-order valence-corrected chi connectivity index (χ3v) is 2.86. The first-order valence-electron chi connectivity index (χ1n) is 6.29. The summed E-state index contributed by atoms with van der Waals surface area (Å²) in [7, 11) is 0. The summed E-state index contributed by atoms with van der Waals surface area (Å²) in [6.07, 6.45) is 7.69. The second-order valence-electron chi connectivity index (χ2n) is 4.32. The molecule has 0 amide bonds. The zero-order valence-electron chi connectivity index (χ0n) is 10.6. The number of anilines is 1. The number of rotatable bonds is 7. The maximum Gasteiger partial charge on any atom is 0.335 e. The minimum absolute atomic E-state index is 0.311. The normalized spacial score (nSPS) is 10.3. The second-order valence-corrected chi connectivity index (χ2v) is 4.32. The van der Waals surface area contributed by atoms with Crippen LogP contribution in [0.25, 0.3) is 0 Å². The van der Waals surface area contributed by atoms with Gasteiger partial charge in [0.2, 0.25) is 0 Å². The molecule has 0 bridgehead atoms. The second kappa shape index (κ2) is 6.58. The molecule has 0 saturated carbocycles. The number of hydrogen-bond acceptors (Lipinski definition) is 3. The highest BCUT2D eigenvalue weighted by Crippen LogP contribution is 2.09. The number of carboxylic acid groups (broad SMARTS) is 1. The van der Waals surface area contributed by atoms with Gasteiger partial charge < -0.3 is 15.0 Å². The molecule has 0 saturated heterocycles. The van der Waals surface area contributed by atoms with Crippen molar-refractivity contribution in [2.24, 2.45) is 0 Å². The molecule has 0 aliphatic rings. The van der Waals surface area contributed by atoms with Crippen molar-refractivity contribution in [3.8, 4) is 0 Å². The first-order valence-corrected chi connectivity index (χ1v) is 6.29. The molecule has 2 N–H and O–H groups in total. The Morgan fingerprint density at radius 1 is 1.26 bits per heavy atom. The average molecular weight is 259 g/mol. The van der Waals surface area contributed by atoms with E-state index in [1.165, 1.54) is 0 Å². The molecule has 100 valence electrons. The van der Waals surface area contributed by atoms with E-state index in [1.807, 2.05) is 12.5 Å². The molecule has 1 aromatic heterocycles. The van der Waals surface area contributed by atoms with Crippen LogP contribution in [0.4, 0.5) is 5.69 Å². The van der Waals surface area contributed by atoms with Gasteiger partial charge in [0.15, 0.2) is 0 Å². The monoisotopic (exact) mass is 259 g/mol. The van der Waals surface area contributed by atoms with E-state index in [0.717, 1.165) is 31.6 Å². The van der Waals surface area contributed by atoms with Gasteiger partial charge in [-0.1, -0.05) is 0 Å². The standard InChI is InChI=1S/C14H17N3O2/c18-14(19)12-3-5-13(6-4-12)16-7-1-2-9-17-10-8-15-11-17/h3-6,8,10-11,16H,1-2,7,9H2,(H,18,19). The zero-order valence-corrected chi connectivity index (χ0v) is 10.6. The van der Waals surface area contributed by atoms with Crippen LogP contribution in [0.5, 0.6) is 0 Å². The first-order chi connectivity index (χ1) is 9.25. The van der Waals surface area contributed by atoms with Crippen molar-refractivity contribution in [2.45, 2.75) is 19.4 Å². The van der Waals surface area contributed by atoms with Gasteiger partial charge in [0.05, 0.1) is 11.9 Å². The molecule has 0 aliphatic carbocycles. The van der Waals surface area contributed by atoms with Crippen LogP contribution in [0.15, 0.2) is 43.0 Å². The molecule has 0 atom stereocenters. The topological polar surface area (TPSA) is 67.2 Å². The van der Waals surface area contributed by atoms with Gasteiger partial charge in [0.1, 0.15) is 0 Å². The number of carbonyl (C=O) groups is 1. The lowest BCUT2D eigenvalue weighted by Gasteiger charge is -2.07. The van der Waals surface area contributed by atoms with Gasteiger partial charge >= 0.3 is 5.97 Å². The van der Waals surface area contributed by atoms with Gasteiger partial charge in [0.25, 0.3) is 0 Å². The van der Waals surface area contributed by atoms with E-state index in [0.29, 0.717) is 5.56 Å². The number of imidazole rings is 1. The number of aromatic carboxylic acids is 1. The number of benzene rings is 1. The molecule has 0 fully saturated rings. The van der Waals surface area contributed by atoms with Crippen molar-refractivity contribution in [2.75, 3.05) is 11.9 Å². The molecule has 19 heavy (non-hydrogen) atoms. The van der Waals surface area contributed by atoms with Crippen LogP contribution in [0, 0.1) is 0 Å². The van der Waals surface area contributed by atoms with Gasteiger partial charge in [-0.05, 0) is 37.1 Å². The minimum atomic E-state index is -0.896. The summed E-state index contributed by atoms with van der Waals surface area (Å²) in [6, 6.07) is 6.80. The molecule has 0 unspecified atom stereocenters. The summed E-state index contributed by atoms with van der Waals surface area (Å²) < 4.78 is 2.06. The quantitative estimate of drug-likeness (QED) is 0.750. The highest BCUT2D eigenvalue weighted by atomic mass is 16.4. The van der Waals surface area contributed by atoms with Crippen molar-refractivity contribution < 1.29 is 9.90 Å². The van der Waals surface area contributed by atoms with E-state index >= 15 is 0 Å². The third-order valence-electron chi connectivity index (χ3n) is 2.86.